The van der Waals surface area contributed by atoms with E-state index < -0.39 is 11.2 Å². The minimum Gasteiger partial charge on any atom is -0.309 e. The zero-order valence-electron chi connectivity index (χ0n) is 11.9. The molecule has 0 spiro atoms. The Kier molecular flexibility index (Phi) is 4.74. The van der Waals surface area contributed by atoms with Crippen LogP contribution in [0.25, 0.3) is 0 Å². The Labute approximate surface area is 121 Å². The van der Waals surface area contributed by atoms with Crippen LogP contribution >= 0.6 is 11.3 Å². The van der Waals surface area contributed by atoms with Crippen molar-refractivity contribution < 1.29 is 13.2 Å². The molecule has 0 bridgehead atoms. The highest BCUT2D eigenvalue weighted by molar-refractivity contribution is 7.11. The van der Waals surface area contributed by atoms with Gasteiger partial charge in [-0.15, -0.1) is 11.3 Å². The van der Waals surface area contributed by atoms with Gasteiger partial charge in [0.2, 0.25) is 0 Å². The molecule has 1 aliphatic rings. The summed E-state index contributed by atoms with van der Waals surface area (Å²) < 4.78 is 38.2. The Morgan fingerprint density at radius 1 is 1.35 bits per heavy atom. The van der Waals surface area contributed by atoms with E-state index in [0.717, 1.165) is 42.0 Å². The second-order valence-corrected chi connectivity index (χ2v) is 6.54. The fourth-order valence-corrected chi connectivity index (χ4v) is 4.30. The largest absolute Gasteiger partial charge is 0.443 e. The SMILES string of the molecule is CCNC(c1cnc(C(F)(F)F)s1)C1(CC)CCCC1. The van der Waals surface area contributed by atoms with E-state index in [2.05, 4.69) is 17.2 Å². The Balaban J connectivity index is 2.31. The zero-order valence-corrected chi connectivity index (χ0v) is 12.7. The van der Waals surface area contributed by atoms with Crippen LogP contribution in [0.1, 0.15) is 61.9 Å². The van der Waals surface area contributed by atoms with E-state index in [1.54, 1.807) is 0 Å². The van der Waals surface area contributed by atoms with E-state index in [0.29, 0.717) is 0 Å². The molecule has 0 aromatic carbocycles. The lowest BCUT2D eigenvalue weighted by Gasteiger charge is -2.36. The quantitative estimate of drug-likeness (QED) is 0.846. The summed E-state index contributed by atoms with van der Waals surface area (Å²) >= 11 is 0.790. The number of hydrogen-bond donors (Lipinski definition) is 1. The summed E-state index contributed by atoms with van der Waals surface area (Å²) in [7, 11) is 0. The Morgan fingerprint density at radius 3 is 2.45 bits per heavy atom. The summed E-state index contributed by atoms with van der Waals surface area (Å²) in [5, 5.41) is 2.66. The molecule has 1 aromatic heterocycles. The summed E-state index contributed by atoms with van der Waals surface area (Å²) in [5.74, 6) is 0. The first-order valence-electron chi connectivity index (χ1n) is 7.19. The van der Waals surface area contributed by atoms with Crippen LogP contribution in [-0.2, 0) is 6.18 Å². The molecule has 1 atom stereocenters. The summed E-state index contributed by atoms with van der Waals surface area (Å²) in [6.45, 7) is 4.89. The molecule has 0 saturated heterocycles. The van der Waals surface area contributed by atoms with Crippen LogP contribution in [0.3, 0.4) is 0 Å². The zero-order chi connectivity index (χ0) is 14.8. The van der Waals surface area contributed by atoms with Crippen LogP contribution in [0, 0.1) is 5.41 Å². The Morgan fingerprint density at radius 2 is 2.00 bits per heavy atom. The van der Waals surface area contributed by atoms with Crippen molar-refractivity contribution in [2.75, 3.05) is 6.54 Å². The van der Waals surface area contributed by atoms with Crippen LogP contribution in [0.5, 0.6) is 0 Å². The van der Waals surface area contributed by atoms with E-state index in [1.165, 1.54) is 19.0 Å². The van der Waals surface area contributed by atoms with Gasteiger partial charge in [-0.3, -0.25) is 0 Å². The first-order chi connectivity index (χ1) is 9.43. The molecule has 1 unspecified atom stereocenters. The number of hydrogen-bond acceptors (Lipinski definition) is 3. The molecule has 20 heavy (non-hydrogen) atoms. The van der Waals surface area contributed by atoms with Crippen molar-refractivity contribution >= 4 is 11.3 Å². The number of thiazole rings is 1. The molecular formula is C14H21F3N2S. The van der Waals surface area contributed by atoms with E-state index in [1.807, 2.05) is 6.92 Å². The number of aromatic nitrogens is 1. The van der Waals surface area contributed by atoms with Gasteiger partial charge in [-0.05, 0) is 31.2 Å². The van der Waals surface area contributed by atoms with Crippen molar-refractivity contribution in [3.8, 4) is 0 Å². The second kappa shape index (κ2) is 6.02. The Bertz CT molecular complexity index is 436. The maximum absolute atomic E-state index is 12.7. The molecule has 114 valence electrons. The van der Waals surface area contributed by atoms with Gasteiger partial charge in [-0.25, -0.2) is 4.98 Å². The Hall–Kier alpha value is -0.620. The normalized spacial score (nSPS) is 20.2. The topological polar surface area (TPSA) is 24.9 Å². The molecule has 0 aliphatic heterocycles. The van der Waals surface area contributed by atoms with E-state index in [4.69, 9.17) is 0 Å². The summed E-state index contributed by atoms with van der Waals surface area (Å²) in [4.78, 5) is 4.31. The van der Waals surface area contributed by atoms with Gasteiger partial charge in [-0.1, -0.05) is 26.7 Å². The number of alkyl halides is 3. The molecule has 1 heterocycles. The molecule has 1 aromatic rings. The van der Waals surface area contributed by atoms with Crippen molar-refractivity contribution in [3.05, 3.63) is 16.1 Å². The molecule has 1 fully saturated rings. The van der Waals surface area contributed by atoms with Gasteiger partial charge in [0.25, 0.3) is 0 Å². The first-order valence-corrected chi connectivity index (χ1v) is 8.01. The van der Waals surface area contributed by atoms with Gasteiger partial charge >= 0.3 is 6.18 Å². The smallest absolute Gasteiger partial charge is 0.309 e. The standard InChI is InChI=1S/C14H21F3N2S/c1-3-13(7-5-6-8-13)11(18-4-2)10-9-19-12(20-10)14(15,16)17/h9,11,18H,3-8H2,1-2H3. The van der Waals surface area contributed by atoms with Crippen LogP contribution in [-0.4, -0.2) is 11.5 Å². The van der Waals surface area contributed by atoms with Crippen molar-refractivity contribution in [1.29, 1.82) is 0 Å². The van der Waals surface area contributed by atoms with Gasteiger partial charge in [0, 0.05) is 17.1 Å². The fraction of sp³-hybridized carbons (Fsp3) is 0.786. The molecule has 1 aliphatic carbocycles. The van der Waals surface area contributed by atoms with Crippen LogP contribution < -0.4 is 5.32 Å². The first kappa shape index (κ1) is 15.8. The van der Waals surface area contributed by atoms with Gasteiger partial charge < -0.3 is 5.32 Å². The van der Waals surface area contributed by atoms with E-state index in [9.17, 15) is 13.2 Å². The number of nitrogens with one attached hydrogen (secondary N) is 1. The van der Waals surface area contributed by atoms with Gasteiger partial charge in [0.1, 0.15) is 0 Å². The van der Waals surface area contributed by atoms with Crippen LogP contribution in [0.15, 0.2) is 6.20 Å². The third-order valence-electron chi connectivity index (χ3n) is 4.37. The van der Waals surface area contributed by atoms with E-state index in [-0.39, 0.29) is 11.5 Å². The average molecular weight is 306 g/mol. The highest BCUT2D eigenvalue weighted by Gasteiger charge is 2.42. The van der Waals surface area contributed by atoms with Crippen molar-refractivity contribution in [3.63, 3.8) is 0 Å². The maximum atomic E-state index is 12.7. The molecule has 2 rings (SSSR count). The minimum absolute atomic E-state index is 0.00593. The average Bonchev–Trinajstić information content (AvgIpc) is 3.05. The molecule has 6 heteroatoms. The third kappa shape index (κ3) is 3.01. The number of halogens is 3. The maximum Gasteiger partial charge on any atom is 0.443 e. The molecule has 1 saturated carbocycles. The lowest BCUT2D eigenvalue weighted by Crippen LogP contribution is -2.35. The third-order valence-corrected chi connectivity index (χ3v) is 5.48. The highest BCUT2D eigenvalue weighted by Crippen LogP contribution is 2.51. The van der Waals surface area contributed by atoms with Crippen LogP contribution in [0.2, 0.25) is 0 Å². The van der Waals surface area contributed by atoms with Gasteiger partial charge in [0.05, 0.1) is 0 Å². The van der Waals surface area contributed by atoms with Gasteiger partial charge in [-0.2, -0.15) is 13.2 Å². The molecule has 2 nitrogen and oxygen atoms in total. The fourth-order valence-electron chi connectivity index (χ4n) is 3.30. The molecule has 0 amide bonds. The summed E-state index contributed by atoms with van der Waals surface area (Å²) in [5.41, 5.74) is 0.0887. The second-order valence-electron chi connectivity index (χ2n) is 5.48. The summed E-state index contributed by atoms with van der Waals surface area (Å²) in [6.07, 6.45) is 2.57. The van der Waals surface area contributed by atoms with Crippen molar-refractivity contribution in [2.45, 2.75) is 58.2 Å². The van der Waals surface area contributed by atoms with Crippen LogP contribution in [0.4, 0.5) is 13.2 Å². The predicted octanol–water partition coefficient (Wildman–Crippen LogP) is 4.78. The predicted molar refractivity (Wildman–Crippen MR) is 74.7 cm³/mol. The van der Waals surface area contributed by atoms with Crippen molar-refractivity contribution in [2.24, 2.45) is 5.41 Å². The monoisotopic (exact) mass is 306 g/mol. The summed E-state index contributed by atoms with van der Waals surface area (Å²) in [6, 6.07) is -0.00593. The molecule has 1 N–H and O–H groups in total. The number of nitrogens with zero attached hydrogens (tertiary/aromatic N) is 1. The number of rotatable bonds is 5. The van der Waals surface area contributed by atoms with E-state index >= 15 is 0 Å². The molecule has 0 radical (unpaired) electrons. The van der Waals surface area contributed by atoms with Gasteiger partial charge in [0.15, 0.2) is 5.01 Å². The molecular weight excluding hydrogens is 285 g/mol. The lowest BCUT2D eigenvalue weighted by molar-refractivity contribution is -0.137. The lowest BCUT2D eigenvalue weighted by atomic mass is 9.75. The highest BCUT2D eigenvalue weighted by atomic mass is 32.1. The van der Waals surface area contributed by atoms with Crippen molar-refractivity contribution in [1.82, 2.24) is 10.3 Å². The minimum atomic E-state index is -4.34.